The van der Waals surface area contributed by atoms with Gasteiger partial charge in [0, 0.05) is 41.5 Å². The number of nitrogens with one attached hydrogen (secondary N) is 1. The van der Waals surface area contributed by atoms with Crippen molar-refractivity contribution in [3.63, 3.8) is 0 Å². The highest BCUT2D eigenvalue weighted by atomic mass is 79.9. The van der Waals surface area contributed by atoms with Crippen molar-refractivity contribution in [2.75, 3.05) is 26.0 Å². The molecule has 150 valence electrons. The van der Waals surface area contributed by atoms with Crippen LogP contribution in [-0.4, -0.2) is 40.3 Å². The highest BCUT2D eigenvalue weighted by Gasteiger charge is 2.35. The minimum absolute atomic E-state index is 0.0467. The second-order valence-corrected chi connectivity index (χ2v) is 10.3. The van der Waals surface area contributed by atoms with Crippen LogP contribution in [0.4, 0.5) is 0 Å². The Morgan fingerprint density at radius 2 is 1.93 bits per heavy atom. The zero-order valence-electron chi connectivity index (χ0n) is 15.4. The first kappa shape index (κ1) is 21.3. The number of benzene rings is 2. The molecule has 0 spiro atoms. The summed E-state index contributed by atoms with van der Waals surface area (Å²) in [6.45, 7) is 1.69. The van der Waals surface area contributed by atoms with Gasteiger partial charge in [0.25, 0.3) is 5.91 Å². The minimum Gasteiger partial charge on any atom is -0.381 e. The van der Waals surface area contributed by atoms with Gasteiger partial charge in [0.2, 0.25) is 0 Å². The van der Waals surface area contributed by atoms with Crippen molar-refractivity contribution in [1.29, 1.82) is 0 Å². The predicted molar refractivity (Wildman–Crippen MR) is 113 cm³/mol. The molecule has 0 aliphatic carbocycles. The van der Waals surface area contributed by atoms with Crippen molar-refractivity contribution < 1.29 is 17.9 Å². The predicted octanol–water partition coefficient (Wildman–Crippen LogP) is 3.98. The summed E-state index contributed by atoms with van der Waals surface area (Å²) in [7, 11) is -3.52. The van der Waals surface area contributed by atoms with Crippen LogP contribution in [0.2, 0.25) is 5.02 Å². The lowest BCUT2D eigenvalue weighted by Crippen LogP contribution is -2.44. The van der Waals surface area contributed by atoms with Crippen molar-refractivity contribution >= 4 is 43.3 Å². The van der Waals surface area contributed by atoms with Gasteiger partial charge in [0.1, 0.15) is 0 Å². The number of carbonyl (C=O) groups is 1. The molecule has 3 rings (SSSR count). The Bertz CT molecular complexity index is 987. The SMILES string of the molecule is CS(=O)(=O)c1cc(C(=O)NCC2(c3cccc(Br)c3)CCOCC2)ccc1Cl. The van der Waals surface area contributed by atoms with E-state index in [1.807, 2.05) is 12.1 Å². The first-order chi connectivity index (χ1) is 13.2. The Morgan fingerprint density at radius 1 is 1.21 bits per heavy atom. The van der Waals surface area contributed by atoms with Crippen molar-refractivity contribution in [3.05, 3.63) is 63.1 Å². The lowest BCUT2D eigenvalue weighted by atomic mass is 9.74. The van der Waals surface area contributed by atoms with Gasteiger partial charge >= 0.3 is 0 Å². The standard InChI is InChI=1S/C20H21BrClNO4S/c1-28(25,26)18-11-14(5-6-17(18)22)19(24)23-13-20(7-9-27-10-8-20)15-3-2-4-16(21)12-15/h2-6,11-12H,7-10,13H2,1H3,(H,23,24). The Kier molecular flexibility index (Phi) is 6.49. The second-order valence-electron chi connectivity index (χ2n) is 7.00. The first-order valence-corrected chi connectivity index (χ1v) is 11.9. The second kappa shape index (κ2) is 8.53. The monoisotopic (exact) mass is 485 g/mol. The molecule has 2 aromatic rings. The summed E-state index contributed by atoms with van der Waals surface area (Å²) in [6, 6.07) is 12.4. The first-order valence-electron chi connectivity index (χ1n) is 8.83. The molecular weight excluding hydrogens is 466 g/mol. The molecule has 0 saturated carbocycles. The van der Waals surface area contributed by atoms with Crippen LogP contribution in [0.1, 0.15) is 28.8 Å². The average molecular weight is 487 g/mol. The number of ether oxygens (including phenoxy) is 1. The molecule has 8 heteroatoms. The van der Waals surface area contributed by atoms with E-state index in [1.54, 1.807) is 0 Å². The van der Waals surface area contributed by atoms with Gasteiger partial charge in [0.15, 0.2) is 9.84 Å². The lowest BCUT2D eigenvalue weighted by Gasteiger charge is -2.38. The number of amides is 1. The molecule has 1 fully saturated rings. The summed E-state index contributed by atoms with van der Waals surface area (Å²) in [6.07, 6.45) is 2.65. The van der Waals surface area contributed by atoms with Crippen LogP contribution in [0.15, 0.2) is 51.8 Å². The fraction of sp³-hybridized carbons (Fsp3) is 0.350. The lowest BCUT2D eigenvalue weighted by molar-refractivity contribution is 0.0487. The Morgan fingerprint density at radius 3 is 2.57 bits per heavy atom. The summed E-state index contributed by atoms with van der Waals surface area (Å²) in [4.78, 5) is 12.7. The van der Waals surface area contributed by atoms with Gasteiger partial charge in [-0.05, 0) is 48.7 Å². The largest absolute Gasteiger partial charge is 0.381 e. The van der Waals surface area contributed by atoms with Gasteiger partial charge < -0.3 is 10.1 Å². The maximum Gasteiger partial charge on any atom is 0.251 e. The molecule has 5 nitrogen and oxygen atoms in total. The van der Waals surface area contributed by atoms with Crippen LogP contribution < -0.4 is 5.32 Å². The molecule has 1 saturated heterocycles. The maximum atomic E-state index is 12.7. The van der Waals surface area contributed by atoms with Gasteiger partial charge in [-0.25, -0.2) is 8.42 Å². The van der Waals surface area contributed by atoms with Crippen LogP contribution >= 0.6 is 27.5 Å². The van der Waals surface area contributed by atoms with Crippen LogP contribution in [0.5, 0.6) is 0 Å². The summed E-state index contributed by atoms with van der Waals surface area (Å²) in [5, 5.41) is 3.08. The zero-order chi connectivity index (χ0) is 20.4. The normalized spacial score (nSPS) is 16.5. The highest BCUT2D eigenvalue weighted by Crippen LogP contribution is 2.35. The van der Waals surface area contributed by atoms with Crippen molar-refractivity contribution in [1.82, 2.24) is 5.32 Å². The maximum absolute atomic E-state index is 12.7. The summed E-state index contributed by atoms with van der Waals surface area (Å²) < 4.78 is 30.2. The topological polar surface area (TPSA) is 72.5 Å². The highest BCUT2D eigenvalue weighted by molar-refractivity contribution is 9.10. The van der Waals surface area contributed by atoms with Crippen LogP contribution in [-0.2, 0) is 20.0 Å². The van der Waals surface area contributed by atoms with Gasteiger partial charge in [-0.3, -0.25) is 4.79 Å². The Balaban J connectivity index is 1.83. The fourth-order valence-corrected chi connectivity index (χ4v) is 5.13. The minimum atomic E-state index is -3.52. The molecule has 2 aromatic carbocycles. The van der Waals surface area contributed by atoms with Gasteiger partial charge in [-0.2, -0.15) is 0 Å². The van der Waals surface area contributed by atoms with E-state index in [2.05, 4.69) is 33.4 Å². The van der Waals surface area contributed by atoms with E-state index in [0.29, 0.717) is 19.8 Å². The van der Waals surface area contributed by atoms with Crippen molar-refractivity contribution in [2.24, 2.45) is 0 Å². The number of hydrogen-bond acceptors (Lipinski definition) is 4. The molecule has 1 amide bonds. The van der Waals surface area contributed by atoms with Crippen molar-refractivity contribution in [2.45, 2.75) is 23.2 Å². The quantitative estimate of drug-likeness (QED) is 0.694. The molecular formula is C20H21BrClNO4S. The molecule has 1 heterocycles. The number of sulfone groups is 1. The van der Waals surface area contributed by atoms with Gasteiger partial charge in [-0.1, -0.05) is 39.7 Å². The van der Waals surface area contributed by atoms with Gasteiger partial charge in [-0.15, -0.1) is 0 Å². The number of halogens is 2. The number of carbonyl (C=O) groups excluding carboxylic acids is 1. The molecule has 1 aliphatic heterocycles. The van der Waals surface area contributed by atoms with Crippen LogP contribution in [0, 0.1) is 0 Å². The Labute approximate surface area is 178 Å². The van der Waals surface area contributed by atoms with E-state index in [1.165, 1.54) is 18.2 Å². The smallest absolute Gasteiger partial charge is 0.251 e. The molecule has 1 aliphatic rings. The molecule has 28 heavy (non-hydrogen) atoms. The average Bonchev–Trinajstić information content (AvgIpc) is 2.66. The zero-order valence-corrected chi connectivity index (χ0v) is 18.5. The molecule has 1 N–H and O–H groups in total. The number of hydrogen-bond donors (Lipinski definition) is 1. The van der Waals surface area contributed by atoms with Crippen LogP contribution in [0.25, 0.3) is 0 Å². The fourth-order valence-electron chi connectivity index (χ4n) is 3.43. The number of rotatable bonds is 5. The molecule has 0 unspecified atom stereocenters. The third-order valence-electron chi connectivity index (χ3n) is 5.07. The Hall–Kier alpha value is -1.41. The summed E-state index contributed by atoms with van der Waals surface area (Å²) in [5.41, 5.74) is 1.17. The van der Waals surface area contributed by atoms with Crippen molar-refractivity contribution in [3.8, 4) is 0 Å². The molecule has 0 bridgehead atoms. The molecule has 0 aromatic heterocycles. The summed E-state index contributed by atoms with van der Waals surface area (Å²) >= 11 is 9.49. The van der Waals surface area contributed by atoms with Gasteiger partial charge in [0.05, 0.1) is 9.92 Å². The van der Waals surface area contributed by atoms with E-state index < -0.39 is 9.84 Å². The van der Waals surface area contributed by atoms with E-state index in [9.17, 15) is 13.2 Å². The van der Waals surface area contributed by atoms with E-state index in [0.717, 1.165) is 29.1 Å². The summed E-state index contributed by atoms with van der Waals surface area (Å²) in [5.74, 6) is -0.331. The van der Waals surface area contributed by atoms with E-state index in [-0.39, 0.29) is 26.8 Å². The van der Waals surface area contributed by atoms with Crippen LogP contribution in [0.3, 0.4) is 0 Å². The third-order valence-corrected chi connectivity index (χ3v) is 7.14. The molecule has 0 radical (unpaired) electrons. The van der Waals surface area contributed by atoms with E-state index >= 15 is 0 Å². The molecule has 0 atom stereocenters. The van der Waals surface area contributed by atoms with E-state index in [4.69, 9.17) is 16.3 Å². The third kappa shape index (κ3) is 4.76.